The lowest BCUT2D eigenvalue weighted by Crippen LogP contribution is -2.32. The van der Waals surface area contributed by atoms with Crippen molar-refractivity contribution < 1.29 is 27.0 Å². The van der Waals surface area contributed by atoms with Crippen LogP contribution < -0.4 is 14.4 Å². The number of nitrogens with one attached hydrogen (secondary N) is 1. The fraction of sp³-hybridized carbons (Fsp3) is 0.348. The second kappa shape index (κ2) is 7.44. The van der Waals surface area contributed by atoms with Crippen molar-refractivity contribution in [1.29, 1.82) is 0 Å². The Balaban J connectivity index is 1.37. The number of rotatable bonds is 5. The summed E-state index contributed by atoms with van der Waals surface area (Å²) < 4.78 is 30.6. The highest BCUT2D eigenvalue weighted by molar-refractivity contribution is 7.87. The Labute approximate surface area is 185 Å². The summed E-state index contributed by atoms with van der Waals surface area (Å²) in [6, 6.07) is 11.6. The van der Waals surface area contributed by atoms with Gasteiger partial charge in [-0.15, -0.1) is 0 Å². The topological polar surface area (TPSA) is 110 Å². The van der Waals surface area contributed by atoms with E-state index in [1.807, 2.05) is 0 Å². The van der Waals surface area contributed by atoms with Crippen LogP contribution >= 0.6 is 0 Å². The molecule has 1 saturated heterocycles. The van der Waals surface area contributed by atoms with Gasteiger partial charge in [0, 0.05) is 18.7 Å². The number of hydrogen-bond donors (Lipinski definition) is 1. The van der Waals surface area contributed by atoms with Crippen molar-refractivity contribution >= 4 is 39.2 Å². The van der Waals surface area contributed by atoms with Gasteiger partial charge in [-0.3, -0.25) is 14.4 Å². The number of amides is 3. The second-order valence-corrected chi connectivity index (χ2v) is 10.2. The van der Waals surface area contributed by atoms with Crippen LogP contribution in [-0.4, -0.2) is 26.1 Å². The predicted octanol–water partition coefficient (Wildman–Crippen LogP) is 2.95. The Kier molecular flexibility index (Phi) is 4.81. The minimum Gasteiger partial charge on any atom is -0.379 e. The lowest BCUT2D eigenvalue weighted by Gasteiger charge is -2.19. The van der Waals surface area contributed by atoms with Crippen LogP contribution in [0.1, 0.15) is 26.2 Å². The Bertz CT molecular complexity index is 1200. The van der Waals surface area contributed by atoms with Gasteiger partial charge < -0.3 is 9.50 Å². The van der Waals surface area contributed by atoms with E-state index in [1.54, 1.807) is 12.1 Å². The van der Waals surface area contributed by atoms with Crippen molar-refractivity contribution in [3.63, 3.8) is 0 Å². The third-order valence-corrected chi connectivity index (χ3v) is 7.93. The van der Waals surface area contributed by atoms with Crippen molar-refractivity contribution in [2.75, 3.05) is 10.2 Å². The summed E-state index contributed by atoms with van der Waals surface area (Å²) in [4.78, 5) is 38.3. The normalized spacial score (nSPS) is 26.3. The summed E-state index contributed by atoms with van der Waals surface area (Å²) >= 11 is 0. The van der Waals surface area contributed by atoms with Crippen molar-refractivity contribution in [2.24, 2.45) is 23.7 Å². The zero-order valence-corrected chi connectivity index (χ0v) is 18.2. The Morgan fingerprint density at radius 2 is 1.62 bits per heavy atom. The molecule has 2 saturated carbocycles. The molecule has 3 aliphatic rings. The van der Waals surface area contributed by atoms with E-state index in [-0.39, 0.29) is 52.0 Å². The molecule has 8 nitrogen and oxygen atoms in total. The van der Waals surface area contributed by atoms with Gasteiger partial charge in [-0.2, -0.15) is 8.42 Å². The standard InChI is InChI=1S/C23H22N2O6S/c1-13(26)24-16-7-9-19(10-8-16)32(29,30)31-18-4-2-3-17(12-18)25-22(27)20-14-5-6-15(11-14)21(20)23(25)28/h2-4,7-10,12,14-15,20-21H,5-6,11H2,1H3,(H,24,26)/t14-,15-,20-,21+/m0/s1. The molecule has 0 aromatic heterocycles. The molecule has 5 rings (SSSR count). The maximum Gasteiger partial charge on any atom is 0.339 e. The van der Waals surface area contributed by atoms with E-state index in [0.29, 0.717) is 11.4 Å². The van der Waals surface area contributed by atoms with Crippen molar-refractivity contribution in [3.8, 4) is 5.75 Å². The van der Waals surface area contributed by atoms with Gasteiger partial charge in [0.05, 0.1) is 17.5 Å². The molecule has 166 valence electrons. The molecule has 3 amide bonds. The summed E-state index contributed by atoms with van der Waals surface area (Å²) in [5.74, 6) is -0.612. The Hall–Kier alpha value is -3.20. The van der Waals surface area contributed by atoms with Crippen LogP contribution in [0.5, 0.6) is 5.75 Å². The minimum atomic E-state index is -4.15. The number of carbonyl (C=O) groups excluding carboxylic acids is 3. The number of nitrogens with zero attached hydrogens (tertiary/aromatic N) is 1. The highest BCUT2D eigenvalue weighted by Crippen LogP contribution is 2.56. The summed E-state index contributed by atoms with van der Waals surface area (Å²) in [6.45, 7) is 1.36. The SMILES string of the molecule is CC(=O)Nc1ccc(S(=O)(=O)Oc2cccc(N3C(=O)[C@@H]4[C@H]5CC[C@@H](C5)[C@@H]4C3=O)c2)cc1. The summed E-state index contributed by atoms with van der Waals surface area (Å²) in [7, 11) is -4.15. The number of fused-ring (bicyclic) bond motifs is 5. The highest BCUT2D eigenvalue weighted by Gasteiger charge is 2.61. The summed E-state index contributed by atoms with van der Waals surface area (Å²) in [6.07, 6.45) is 2.92. The number of carbonyl (C=O) groups is 3. The lowest BCUT2D eigenvalue weighted by molar-refractivity contribution is -0.123. The van der Waals surface area contributed by atoms with Gasteiger partial charge in [0.25, 0.3) is 0 Å². The molecular weight excluding hydrogens is 432 g/mol. The van der Waals surface area contributed by atoms with Crippen LogP contribution in [0.4, 0.5) is 11.4 Å². The average Bonchev–Trinajstić information content (AvgIpc) is 3.41. The van der Waals surface area contributed by atoms with Crippen molar-refractivity contribution in [2.45, 2.75) is 31.1 Å². The third kappa shape index (κ3) is 3.37. The molecule has 0 radical (unpaired) electrons. The van der Waals surface area contributed by atoms with Gasteiger partial charge in [0.1, 0.15) is 10.6 Å². The highest BCUT2D eigenvalue weighted by atomic mass is 32.2. The minimum absolute atomic E-state index is 0.00840. The molecule has 32 heavy (non-hydrogen) atoms. The van der Waals surface area contributed by atoms with E-state index >= 15 is 0 Å². The lowest BCUT2D eigenvalue weighted by atomic mass is 9.81. The Morgan fingerprint density at radius 1 is 1.00 bits per heavy atom. The molecule has 2 bridgehead atoms. The third-order valence-electron chi connectivity index (χ3n) is 6.67. The van der Waals surface area contributed by atoms with Crippen molar-refractivity contribution in [3.05, 3.63) is 48.5 Å². The van der Waals surface area contributed by atoms with Gasteiger partial charge >= 0.3 is 10.1 Å². The summed E-state index contributed by atoms with van der Waals surface area (Å²) in [5, 5.41) is 2.56. The number of hydrogen-bond acceptors (Lipinski definition) is 6. The molecule has 2 aliphatic carbocycles. The molecule has 3 fully saturated rings. The van der Waals surface area contributed by atoms with Gasteiger partial charge in [0.15, 0.2) is 0 Å². The maximum atomic E-state index is 13.0. The quantitative estimate of drug-likeness (QED) is 0.550. The first-order chi connectivity index (χ1) is 15.2. The van der Waals surface area contributed by atoms with Crippen LogP contribution in [0.2, 0.25) is 0 Å². The average molecular weight is 455 g/mol. The van der Waals surface area contributed by atoms with Gasteiger partial charge in [0.2, 0.25) is 17.7 Å². The summed E-state index contributed by atoms with van der Waals surface area (Å²) in [5.41, 5.74) is 0.784. The molecule has 4 atom stereocenters. The van der Waals surface area contributed by atoms with E-state index < -0.39 is 10.1 Å². The van der Waals surface area contributed by atoms with E-state index in [2.05, 4.69) is 5.32 Å². The molecule has 1 aliphatic heterocycles. The maximum absolute atomic E-state index is 13.0. The van der Waals surface area contributed by atoms with E-state index in [4.69, 9.17) is 4.18 Å². The molecular formula is C23H22N2O6S. The molecule has 2 aromatic carbocycles. The second-order valence-electron chi connectivity index (χ2n) is 8.64. The fourth-order valence-electron chi connectivity index (χ4n) is 5.42. The largest absolute Gasteiger partial charge is 0.379 e. The smallest absolute Gasteiger partial charge is 0.339 e. The predicted molar refractivity (Wildman–Crippen MR) is 115 cm³/mol. The number of benzene rings is 2. The van der Waals surface area contributed by atoms with Gasteiger partial charge in [-0.05, 0) is 67.5 Å². The molecule has 9 heteroatoms. The van der Waals surface area contributed by atoms with E-state index in [0.717, 1.165) is 19.3 Å². The molecule has 2 aromatic rings. The van der Waals surface area contributed by atoms with E-state index in [9.17, 15) is 22.8 Å². The first-order valence-electron chi connectivity index (χ1n) is 10.5. The van der Waals surface area contributed by atoms with E-state index in [1.165, 1.54) is 48.2 Å². The molecule has 0 spiro atoms. The van der Waals surface area contributed by atoms with Crippen LogP contribution in [0.3, 0.4) is 0 Å². The fourth-order valence-corrected chi connectivity index (χ4v) is 6.34. The Morgan fingerprint density at radius 3 is 2.22 bits per heavy atom. The molecule has 1 heterocycles. The monoisotopic (exact) mass is 454 g/mol. The van der Waals surface area contributed by atoms with Gasteiger partial charge in [-0.25, -0.2) is 4.90 Å². The van der Waals surface area contributed by atoms with Crippen LogP contribution in [0, 0.1) is 23.7 Å². The van der Waals surface area contributed by atoms with Crippen LogP contribution in [0.15, 0.2) is 53.4 Å². The number of imide groups is 1. The molecule has 0 unspecified atom stereocenters. The van der Waals surface area contributed by atoms with Gasteiger partial charge in [-0.1, -0.05) is 6.07 Å². The first kappa shape index (κ1) is 20.7. The zero-order valence-electron chi connectivity index (χ0n) is 17.4. The van der Waals surface area contributed by atoms with Crippen molar-refractivity contribution in [1.82, 2.24) is 0 Å². The van der Waals surface area contributed by atoms with Crippen LogP contribution in [-0.2, 0) is 24.5 Å². The van der Waals surface area contributed by atoms with Crippen LogP contribution in [0.25, 0.3) is 0 Å². The first-order valence-corrected chi connectivity index (χ1v) is 12.0. The zero-order chi connectivity index (χ0) is 22.6. The number of anilines is 2. The molecule has 1 N–H and O–H groups in total.